The third-order valence-electron chi connectivity index (χ3n) is 4.26. The molecule has 1 aliphatic rings. The number of hydrogen-bond acceptors (Lipinski definition) is 3. The molecule has 3 rings (SSSR count). The van der Waals surface area contributed by atoms with E-state index >= 15 is 0 Å². The number of quaternary nitrogens is 1. The monoisotopic (exact) mass is 379 g/mol. The normalized spacial score (nSPS) is 15.7. The Morgan fingerprint density at radius 1 is 1.22 bits per heavy atom. The van der Waals surface area contributed by atoms with Crippen LogP contribution in [0.3, 0.4) is 0 Å². The number of likely N-dealkylation sites (tertiary alicyclic amines) is 1. The van der Waals surface area contributed by atoms with Crippen LogP contribution in [0.4, 0.5) is 0 Å². The van der Waals surface area contributed by atoms with Crippen LogP contribution in [-0.2, 0) is 0 Å². The molecule has 23 heavy (non-hydrogen) atoms. The predicted molar refractivity (Wildman–Crippen MR) is 91.9 cm³/mol. The molecule has 5 nitrogen and oxygen atoms in total. The van der Waals surface area contributed by atoms with Crippen molar-refractivity contribution in [2.24, 2.45) is 0 Å². The lowest BCUT2D eigenvalue weighted by Crippen LogP contribution is -3.13. The van der Waals surface area contributed by atoms with Crippen molar-refractivity contribution < 1.29 is 14.1 Å². The highest BCUT2D eigenvalue weighted by molar-refractivity contribution is 9.10. The van der Waals surface area contributed by atoms with Crippen LogP contribution < -0.4 is 15.8 Å². The van der Waals surface area contributed by atoms with E-state index in [-0.39, 0.29) is 11.5 Å². The van der Waals surface area contributed by atoms with E-state index in [1.54, 1.807) is 18.2 Å². The zero-order valence-electron chi connectivity index (χ0n) is 12.9. The molecule has 0 unspecified atom stereocenters. The number of nitrogens with one attached hydrogen (secondary N) is 2. The van der Waals surface area contributed by atoms with Crippen LogP contribution in [0.1, 0.15) is 29.6 Å². The van der Waals surface area contributed by atoms with Gasteiger partial charge >= 0.3 is 5.63 Å². The van der Waals surface area contributed by atoms with E-state index in [4.69, 9.17) is 4.42 Å². The van der Waals surface area contributed by atoms with Crippen molar-refractivity contribution in [1.29, 1.82) is 0 Å². The molecule has 1 fully saturated rings. The largest absolute Gasteiger partial charge is 0.422 e. The second-order valence-corrected chi connectivity index (χ2v) is 6.86. The van der Waals surface area contributed by atoms with Crippen molar-refractivity contribution in [1.82, 2.24) is 5.32 Å². The molecule has 0 spiro atoms. The van der Waals surface area contributed by atoms with E-state index in [1.165, 1.54) is 37.3 Å². The van der Waals surface area contributed by atoms with Gasteiger partial charge in [0.15, 0.2) is 0 Å². The van der Waals surface area contributed by atoms with Gasteiger partial charge in [-0.05, 0) is 43.5 Å². The zero-order valence-corrected chi connectivity index (χ0v) is 14.4. The number of rotatable bonds is 4. The average molecular weight is 380 g/mol. The van der Waals surface area contributed by atoms with Crippen LogP contribution in [0, 0.1) is 0 Å². The number of carbonyl (C=O) groups is 1. The van der Waals surface area contributed by atoms with Crippen molar-refractivity contribution in [3.05, 3.63) is 44.7 Å². The Bertz CT molecular complexity index is 766. The van der Waals surface area contributed by atoms with Crippen LogP contribution in [0.5, 0.6) is 0 Å². The van der Waals surface area contributed by atoms with Crippen molar-refractivity contribution in [3.8, 4) is 0 Å². The third-order valence-corrected chi connectivity index (χ3v) is 4.76. The summed E-state index contributed by atoms with van der Waals surface area (Å²) in [6.45, 7) is 3.81. The Hall–Kier alpha value is -1.66. The molecule has 0 aliphatic carbocycles. The van der Waals surface area contributed by atoms with Crippen LogP contribution in [0.15, 0.2) is 37.9 Å². The number of halogens is 1. The van der Waals surface area contributed by atoms with Gasteiger partial charge in [-0.3, -0.25) is 4.79 Å². The first kappa shape index (κ1) is 16.2. The molecule has 0 saturated carbocycles. The fourth-order valence-corrected chi connectivity index (χ4v) is 3.38. The minimum absolute atomic E-state index is 0.0595. The fourth-order valence-electron chi connectivity index (χ4n) is 3.00. The Kier molecular flexibility index (Phi) is 5.13. The average Bonchev–Trinajstić information content (AvgIpc) is 2.55. The molecule has 1 amide bonds. The lowest BCUT2D eigenvalue weighted by molar-refractivity contribution is -0.903. The smallest absolute Gasteiger partial charge is 0.349 e. The molecule has 0 atom stereocenters. The first-order valence-corrected chi connectivity index (χ1v) is 8.78. The number of hydrogen-bond donors (Lipinski definition) is 2. The van der Waals surface area contributed by atoms with E-state index in [2.05, 4.69) is 21.2 Å². The summed E-state index contributed by atoms with van der Waals surface area (Å²) in [4.78, 5) is 25.7. The molecule has 6 heteroatoms. The Balaban J connectivity index is 1.67. The van der Waals surface area contributed by atoms with Crippen LogP contribution in [-0.4, -0.2) is 32.1 Å². The Morgan fingerprint density at radius 2 is 2.00 bits per heavy atom. The molecular formula is C17H20BrN2O3+. The lowest BCUT2D eigenvalue weighted by Gasteiger charge is -2.23. The van der Waals surface area contributed by atoms with Crippen molar-refractivity contribution in [2.45, 2.75) is 19.3 Å². The minimum atomic E-state index is -0.595. The van der Waals surface area contributed by atoms with Gasteiger partial charge in [0.25, 0.3) is 5.91 Å². The topological polar surface area (TPSA) is 63.8 Å². The number of carbonyl (C=O) groups excluding carboxylic acids is 1. The number of fused-ring (bicyclic) bond motifs is 1. The third kappa shape index (κ3) is 4.00. The Morgan fingerprint density at radius 3 is 2.78 bits per heavy atom. The fraction of sp³-hybridized carbons (Fsp3) is 0.412. The van der Waals surface area contributed by atoms with Gasteiger partial charge in [-0.15, -0.1) is 0 Å². The first-order valence-electron chi connectivity index (χ1n) is 7.99. The zero-order chi connectivity index (χ0) is 16.2. The van der Waals surface area contributed by atoms with E-state index in [9.17, 15) is 9.59 Å². The van der Waals surface area contributed by atoms with E-state index in [1.807, 2.05) is 6.07 Å². The predicted octanol–water partition coefficient (Wildman–Crippen LogP) is 1.35. The second kappa shape index (κ2) is 7.27. The van der Waals surface area contributed by atoms with Crippen LogP contribution >= 0.6 is 15.9 Å². The maximum Gasteiger partial charge on any atom is 0.349 e. The second-order valence-electron chi connectivity index (χ2n) is 5.95. The van der Waals surface area contributed by atoms with Gasteiger partial charge in [-0.2, -0.15) is 0 Å². The van der Waals surface area contributed by atoms with Crippen molar-refractivity contribution in [2.75, 3.05) is 26.2 Å². The highest BCUT2D eigenvalue weighted by Gasteiger charge is 2.16. The summed E-state index contributed by atoms with van der Waals surface area (Å²) in [5.41, 5.74) is -0.0561. The highest BCUT2D eigenvalue weighted by atomic mass is 79.9. The van der Waals surface area contributed by atoms with Crippen molar-refractivity contribution in [3.63, 3.8) is 0 Å². The molecule has 1 aromatic carbocycles. The maximum atomic E-state index is 12.2. The van der Waals surface area contributed by atoms with E-state index in [0.29, 0.717) is 12.1 Å². The molecule has 0 radical (unpaired) electrons. The number of benzene rings is 1. The summed E-state index contributed by atoms with van der Waals surface area (Å²) < 4.78 is 6.10. The molecular weight excluding hydrogens is 360 g/mol. The van der Waals surface area contributed by atoms with Gasteiger partial charge in [-0.1, -0.05) is 15.9 Å². The van der Waals surface area contributed by atoms with Gasteiger partial charge in [0.05, 0.1) is 26.2 Å². The molecule has 2 heterocycles. The quantitative estimate of drug-likeness (QED) is 0.788. The molecule has 122 valence electrons. The summed E-state index contributed by atoms with van der Waals surface area (Å²) in [6, 6.07) is 6.93. The number of piperidine rings is 1. The molecule has 1 aromatic heterocycles. The van der Waals surface area contributed by atoms with Crippen molar-refractivity contribution >= 4 is 32.8 Å². The minimum Gasteiger partial charge on any atom is -0.422 e. The summed E-state index contributed by atoms with van der Waals surface area (Å²) in [5.74, 6) is -0.364. The van der Waals surface area contributed by atoms with Gasteiger partial charge in [-0.25, -0.2) is 4.79 Å². The van der Waals surface area contributed by atoms with Gasteiger partial charge in [0.1, 0.15) is 11.1 Å². The standard InChI is InChI=1S/C17H19BrN2O3/c18-13-4-5-15-12(10-13)11-14(17(22)23-15)16(21)19-6-9-20-7-2-1-3-8-20/h4-5,10-11H,1-3,6-9H2,(H,19,21)/p+1. The first-order chi connectivity index (χ1) is 11.1. The summed E-state index contributed by atoms with van der Waals surface area (Å²) >= 11 is 3.38. The van der Waals surface area contributed by atoms with Crippen LogP contribution in [0.25, 0.3) is 11.0 Å². The Labute approximate surface area is 142 Å². The number of amides is 1. The molecule has 1 aliphatic heterocycles. The molecule has 0 bridgehead atoms. The lowest BCUT2D eigenvalue weighted by atomic mass is 10.1. The summed E-state index contributed by atoms with van der Waals surface area (Å²) in [7, 11) is 0. The highest BCUT2D eigenvalue weighted by Crippen LogP contribution is 2.19. The maximum absolute atomic E-state index is 12.2. The molecule has 2 aromatic rings. The molecule has 1 saturated heterocycles. The molecule has 2 N–H and O–H groups in total. The summed E-state index contributed by atoms with van der Waals surface area (Å²) in [5, 5.41) is 3.56. The van der Waals surface area contributed by atoms with E-state index in [0.717, 1.165) is 16.4 Å². The van der Waals surface area contributed by atoms with E-state index < -0.39 is 5.63 Å². The van der Waals surface area contributed by atoms with Gasteiger partial charge in [0.2, 0.25) is 0 Å². The van der Waals surface area contributed by atoms with Crippen LogP contribution in [0.2, 0.25) is 0 Å². The SMILES string of the molecule is O=C(NCC[NH+]1CCCCC1)c1cc2cc(Br)ccc2oc1=O. The summed E-state index contributed by atoms with van der Waals surface area (Å²) in [6.07, 6.45) is 3.82. The van der Waals surface area contributed by atoms with Gasteiger partial charge < -0.3 is 14.6 Å². The van der Waals surface area contributed by atoms with Gasteiger partial charge in [0, 0.05) is 9.86 Å².